The molecule has 3 aromatic rings. The first kappa shape index (κ1) is 14.9. The molecule has 24 heavy (non-hydrogen) atoms. The molecule has 0 unspecified atom stereocenters. The molecule has 0 bridgehead atoms. The van der Waals surface area contributed by atoms with Crippen molar-refractivity contribution in [3.05, 3.63) is 48.8 Å². The molecule has 0 fully saturated rings. The Morgan fingerprint density at radius 1 is 1.21 bits per heavy atom. The molecule has 1 N–H and O–H groups in total. The number of fused-ring (bicyclic) bond motifs is 1. The van der Waals surface area contributed by atoms with Crippen LogP contribution in [0.2, 0.25) is 0 Å². The van der Waals surface area contributed by atoms with Gasteiger partial charge in [0, 0.05) is 24.8 Å². The summed E-state index contributed by atoms with van der Waals surface area (Å²) in [5, 5.41) is 0.00592. The van der Waals surface area contributed by atoms with Crippen molar-refractivity contribution in [3.8, 4) is 11.3 Å². The van der Waals surface area contributed by atoms with Gasteiger partial charge in [-0.05, 0) is 18.6 Å². The van der Waals surface area contributed by atoms with E-state index in [4.69, 9.17) is 0 Å². The van der Waals surface area contributed by atoms with Crippen molar-refractivity contribution in [1.82, 2.24) is 19.5 Å². The van der Waals surface area contributed by atoms with E-state index in [9.17, 15) is 12.8 Å². The number of nitrogens with zero attached hydrogens (tertiary/aromatic N) is 4. The summed E-state index contributed by atoms with van der Waals surface area (Å²) in [5.41, 5.74) is 0.757. The van der Waals surface area contributed by atoms with Crippen LogP contribution in [-0.2, 0) is 16.6 Å². The molecule has 0 amide bonds. The van der Waals surface area contributed by atoms with E-state index >= 15 is 0 Å². The highest BCUT2D eigenvalue weighted by Crippen LogP contribution is 2.30. The maximum absolute atomic E-state index is 14.0. The predicted molar refractivity (Wildman–Crippen MR) is 85.4 cm³/mol. The predicted octanol–water partition coefficient (Wildman–Crippen LogP) is 2.01. The molecule has 9 heteroatoms. The van der Waals surface area contributed by atoms with E-state index in [1.165, 1.54) is 22.9 Å². The maximum Gasteiger partial charge on any atom is 0.283 e. The number of anilines is 1. The fourth-order valence-electron chi connectivity index (χ4n) is 2.78. The lowest BCUT2D eigenvalue weighted by Gasteiger charge is -2.27. The monoisotopic (exact) mass is 347 g/mol. The van der Waals surface area contributed by atoms with E-state index in [-0.39, 0.29) is 11.0 Å². The lowest BCUT2D eigenvalue weighted by molar-refractivity contribution is 0.557. The van der Waals surface area contributed by atoms with Crippen molar-refractivity contribution in [1.29, 1.82) is 0 Å². The van der Waals surface area contributed by atoms with Crippen LogP contribution in [0.4, 0.5) is 10.3 Å². The Balaban J connectivity index is 1.81. The molecule has 0 radical (unpaired) electrons. The minimum atomic E-state index is -3.77. The standard InChI is InChI=1S/C15H14FN5O2S/c16-12-5-2-1-4-11(12)13-9-20-6-3-7-21(15(20)19-13)24(22,23)14-8-17-10-18-14/h1-2,4-5,8-10H,3,6-7H2,(H,17,18). The highest BCUT2D eigenvalue weighted by Gasteiger charge is 2.32. The van der Waals surface area contributed by atoms with Crippen molar-refractivity contribution < 1.29 is 12.8 Å². The molecule has 124 valence electrons. The van der Waals surface area contributed by atoms with Crippen LogP contribution >= 0.6 is 0 Å². The molecule has 2 aromatic heterocycles. The number of benzene rings is 1. The van der Waals surface area contributed by atoms with Gasteiger partial charge in [-0.25, -0.2) is 18.7 Å². The third-order valence-electron chi connectivity index (χ3n) is 3.93. The first-order chi connectivity index (χ1) is 11.6. The number of nitrogens with one attached hydrogen (secondary N) is 1. The van der Waals surface area contributed by atoms with E-state index in [0.29, 0.717) is 30.8 Å². The van der Waals surface area contributed by atoms with Gasteiger partial charge in [0.25, 0.3) is 10.0 Å². The third-order valence-corrected chi connectivity index (χ3v) is 5.63. The number of aryl methyl sites for hydroxylation is 1. The fraction of sp³-hybridized carbons (Fsp3) is 0.200. The van der Waals surface area contributed by atoms with E-state index < -0.39 is 15.8 Å². The Morgan fingerprint density at radius 3 is 2.79 bits per heavy atom. The van der Waals surface area contributed by atoms with Gasteiger partial charge in [-0.15, -0.1) is 0 Å². The quantitative estimate of drug-likeness (QED) is 0.785. The van der Waals surface area contributed by atoms with Crippen molar-refractivity contribution in [2.24, 2.45) is 0 Å². The van der Waals surface area contributed by atoms with Crippen LogP contribution in [0, 0.1) is 5.82 Å². The van der Waals surface area contributed by atoms with E-state index in [1.807, 2.05) is 0 Å². The Hall–Kier alpha value is -2.68. The number of rotatable bonds is 3. The second-order valence-corrected chi connectivity index (χ2v) is 7.28. The first-order valence-electron chi connectivity index (χ1n) is 7.40. The normalized spacial score (nSPS) is 14.6. The molecule has 0 aliphatic carbocycles. The van der Waals surface area contributed by atoms with Crippen LogP contribution in [-0.4, -0.2) is 34.5 Å². The number of aromatic nitrogens is 4. The van der Waals surface area contributed by atoms with Gasteiger partial charge < -0.3 is 9.55 Å². The fourth-order valence-corrected chi connectivity index (χ4v) is 4.15. The number of halogens is 1. The summed E-state index contributed by atoms with van der Waals surface area (Å²) in [6, 6.07) is 6.30. The average Bonchev–Trinajstić information content (AvgIpc) is 3.24. The molecule has 0 spiro atoms. The largest absolute Gasteiger partial charge is 0.334 e. The van der Waals surface area contributed by atoms with E-state index in [2.05, 4.69) is 15.0 Å². The summed E-state index contributed by atoms with van der Waals surface area (Å²) in [4.78, 5) is 10.8. The van der Waals surface area contributed by atoms with Crippen LogP contribution in [0.3, 0.4) is 0 Å². The van der Waals surface area contributed by atoms with Gasteiger partial charge in [0.2, 0.25) is 5.95 Å². The number of sulfonamides is 1. The van der Waals surface area contributed by atoms with Crippen molar-refractivity contribution >= 4 is 16.0 Å². The minimum Gasteiger partial charge on any atom is -0.334 e. The Kier molecular flexibility index (Phi) is 3.38. The van der Waals surface area contributed by atoms with Gasteiger partial charge in [0.15, 0.2) is 5.03 Å². The number of hydrogen-bond acceptors (Lipinski definition) is 4. The lowest BCUT2D eigenvalue weighted by atomic mass is 10.1. The van der Waals surface area contributed by atoms with Crippen LogP contribution in [0.25, 0.3) is 11.3 Å². The molecule has 1 aliphatic heterocycles. The van der Waals surface area contributed by atoms with E-state index in [0.717, 1.165) is 0 Å². The van der Waals surface area contributed by atoms with Crippen molar-refractivity contribution in [2.45, 2.75) is 18.0 Å². The highest BCUT2D eigenvalue weighted by atomic mass is 32.2. The average molecular weight is 347 g/mol. The SMILES string of the molecule is O=S(=O)(c1cnc[nH]1)N1CCCn2cc(-c3ccccc3F)nc21. The maximum atomic E-state index is 14.0. The number of H-pyrrole nitrogens is 1. The topological polar surface area (TPSA) is 83.9 Å². The molecule has 1 aliphatic rings. The minimum absolute atomic E-state index is 0.00592. The second-order valence-electron chi connectivity index (χ2n) is 5.45. The van der Waals surface area contributed by atoms with Crippen LogP contribution in [0.15, 0.2) is 48.0 Å². The molecule has 3 heterocycles. The van der Waals surface area contributed by atoms with Crippen LogP contribution < -0.4 is 4.31 Å². The number of imidazole rings is 2. The molecule has 0 saturated carbocycles. The Bertz CT molecular complexity index is 981. The first-order valence-corrected chi connectivity index (χ1v) is 8.84. The van der Waals surface area contributed by atoms with Gasteiger partial charge in [-0.3, -0.25) is 0 Å². The molecule has 4 rings (SSSR count). The Morgan fingerprint density at radius 2 is 2.04 bits per heavy atom. The van der Waals surface area contributed by atoms with Gasteiger partial charge in [0.1, 0.15) is 5.82 Å². The zero-order chi connectivity index (χ0) is 16.7. The smallest absolute Gasteiger partial charge is 0.283 e. The van der Waals surface area contributed by atoms with Crippen LogP contribution in [0.5, 0.6) is 0 Å². The third kappa shape index (κ3) is 2.28. The Labute approximate surface area is 137 Å². The molecular formula is C15H14FN5O2S. The molecule has 1 aromatic carbocycles. The molecular weight excluding hydrogens is 333 g/mol. The van der Waals surface area contributed by atoms with Crippen molar-refractivity contribution in [2.75, 3.05) is 10.8 Å². The van der Waals surface area contributed by atoms with Gasteiger partial charge in [0.05, 0.1) is 18.2 Å². The summed E-state index contributed by atoms with van der Waals surface area (Å²) < 4.78 is 42.5. The van der Waals surface area contributed by atoms with Gasteiger partial charge in [-0.2, -0.15) is 8.42 Å². The molecule has 0 atom stereocenters. The number of aromatic amines is 1. The zero-order valence-corrected chi connectivity index (χ0v) is 13.4. The lowest BCUT2D eigenvalue weighted by Crippen LogP contribution is -2.37. The number of hydrogen-bond donors (Lipinski definition) is 1. The zero-order valence-electron chi connectivity index (χ0n) is 12.6. The van der Waals surface area contributed by atoms with Crippen molar-refractivity contribution in [3.63, 3.8) is 0 Å². The van der Waals surface area contributed by atoms with E-state index in [1.54, 1.807) is 29.0 Å². The second kappa shape index (κ2) is 5.45. The molecule has 7 nitrogen and oxygen atoms in total. The molecule has 0 saturated heterocycles. The summed E-state index contributed by atoms with van der Waals surface area (Å²) in [7, 11) is -3.77. The van der Waals surface area contributed by atoms with Crippen LogP contribution in [0.1, 0.15) is 6.42 Å². The summed E-state index contributed by atoms with van der Waals surface area (Å²) >= 11 is 0. The summed E-state index contributed by atoms with van der Waals surface area (Å²) in [5.74, 6) is -0.106. The summed E-state index contributed by atoms with van der Waals surface area (Å²) in [6.45, 7) is 0.945. The van der Waals surface area contributed by atoms with Gasteiger partial charge >= 0.3 is 0 Å². The highest BCUT2D eigenvalue weighted by molar-refractivity contribution is 7.92. The summed E-state index contributed by atoms with van der Waals surface area (Å²) in [6.07, 6.45) is 4.90. The van der Waals surface area contributed by atoms with Gasteiger partial charge in [-0.1, -0.05) is 12.1 Å².